The zero-order valence-corrected chi connectivity index (χ0v) is 11.5. The molecule has 0 bridgehead atoms. The van der Waals surface area contributed by atoms with Gasteiger partial charge in [-0.25, -0.2) is 4.98 Å². The average molecular weight is 266 g/mol. The molecule has 0 saturated carbocycles. The Kier molecular flexibility index (Phi) is 6.63. The smallest absolute Gasteiger partial charge is 0.220 e. The van der Waals surface area contributed by atoms with Gasteiger partial charge >= 0.3 is 0 Å². The molecule has 0 aliphatic heterocycles. The number of hydrogen-bond donors (Lipinski definition) is 3. The highest BCUT2D eigenvalue weighted by molar-refractivity contribution is 5.76. The summed E-state index contributed by atoms with van der Waals surface area (Å²) in [6, 6.07) is -0.0955. The van der Waals surface area contributed by atoms with Gasteiger partial charge in [-0.15, -0.1) is 0 Å². The van der Waals surface area contributed by atoms with Crippen LogP contribution in [0, 0.1) is 0 Å². The highest BCUT2D eigenvalue weighted by Crippen LogP contribution is 2.06. The molecule has 0 aromatic carbocycles. The lowest BCUT2D eigenvalue weighted by molar-refractivity contribution is -0.122. The fraction of sp³-hybridized carbons (Fsp3) is 0.615. The van der Waals surface area contributed by atoms with Gasteiger partial charge in [-0.05, 0) is 19.8 Å². The van der Waals surface area contributed by atoms with Crippen LogP contribution in [0.25, 0.3) is 0 Å². The van der Waals surface area contributed by atoms with Gasteiger partial charge in [0.05, 0.1) is 6.04 Å². The maximum atomic E-state index is 11.7. The number of aromatic amines is 1. The van der Waals surface area contributed by atoms with Gasteiger partial charge in [0, 0.05) is 32.3 Å². The number of aromatic nitrogens is 2. The van der Waals surface area contributed by atoms with Crippen molar-refractivity contribution in [1.29, 1.82) is 0 Å². The van der Waals surface area contributed by atoms with E-state index in [2.05, 4.69) is 20.6 Å². The number of hydrogen-bond acceptors (Lipinski definition) is 3. The fourth-order valence-electron chi connectivity index (χ4n) is 1.75. The normalized spacial score (nSPS) is 11.9. The van der Waals surface area contributed by atoms with Gasteiger partial charge in [0.15, 0.2) is 0 Å². The Hall–Kier alpha value is -1.85. The molecule has 19 heavy (non-hydrogen) atoms. The monoisotopic (exact) mass is 266 g/mol. The van der Waals surface area contributed by atoms with E-state index >= 15 is 0 Å². The van der Waals surface area contributed by atoms with Crippen molar-refractivity contribution >= 4 is 11.8 Å². The van der Waals surface area contributed by atoms with Crippen LogP contribution in [-0.4, -0.2) is 28.3 Å². The van der Waals surface area contributed by atoms with Gasteiger partial charge in [0.25, 0.3) is 0 Å². The second-order valence-corrected chi connectivity index (χ2v) is 4.56. The largest absolute Gasteiger partial charge is 0.356 e. The molecule has 0 aliphatic carbocycles. The predicted molar refractivity (Wildman–Crippen MR) is 72.3 cm³/mol. The standard InChI is InChI=1S/C13H22N4O2/c1-10(13-15-8-9-16-13)17-12(19)6-4-3-5-7-14-11(2)18/h8-10H,3-7H2,1-2H3,(H,14,18)(H,15,16)(H,17,19). The van der Waals surface area contributed by atoms with Crippen LogP contribution in [0.1, 0.15) is 51.4 Å². The van der Waals surface area contributed by atoms with Crippen LogP contribution in [0.5, 0.6) is 0 Å². The molecule has 106 valence electrons. The highest BCUT2D eigenvalue weighted by Gasteiger charge is 2.10. The first-order valence-electron chi connectivity index (χ1n) is 6.62. The average Bonchev–Trinajstić information content (AvgIpc) is 2.87. The number of nitrogens with one attached hydrogen (secondary N) is 3. The van der Waals surface area contributed by atoms with Crippen LogP contribution in [0.15, 0.2) is 12.4 Å². The Morgan fingerprint density at radius 3 is 2.79 bits per heavy atom. The van der Waals surface area contributed by atoms with Crippen molar-refractivity contribution in [1.82, 2.24) is 20.6 Å². The number of unbranched alkanes of at least 4 members (excludes halogenated alkanes) is 2. The van der Waals surface area contributed by atoms with E-state index in [9.17, 15) is 9.59 Å². The Balaban J connectivity index is 2.06. The summed E-state index contributed by atoms with van der Waals surface area (Å²) in [7, 11) is 0. The van der Waals surface area contributed by atoms with Crippen molar-refractivity contribution in [2.45, 2.75) is 45.6 Å². The second-order valence-electron chi connectivity index (χ2n) is 4.56. The van der Waals surface area contributed by atoms with Gasteiger partial charge in [0.2, 0.25) is 11.8 Å². The molecule has 0 spiro atoms. The Bertz CT molecular complexity index is 389. The van der Waals surface area contributed by atoms with Crippen molar-refractivity contribution in [3.8, 4) is 0 Å². The molecule has 1 heterocycles. The lowest BCUT2D eigenvalue weighted by Gasteiger charge is -2.11. The number of H-pyrrole nitrogens is 1. The highest BCUT2D eigenvalue weighted by atomic mass is 16.2. The van der Waals surface area contributed by atoms with Gasteiger partial charge in [0.1, 0.15) is 5.82 Å². The number of carbonyl (C=O) groups is 2. The van der Waals surface area contributed by atoms with Gasteiger partial charge < -0.3 is 15.6 Å². The van der Waals surface area contributed by atoms with Gasteiger partial charge in [-0.3, -0.25) is 9.59 Å². The summed E-state index contributed by atoms with van der Waals surface area (Å²) in [5.74, 6) is 0.785. The van der Waals surface area contributed by atoms with E-state index < -0.39 is 0 Å². The van der Waals surface area contributed by atoms with Crippen LogP contribution in [0.3, 0.4) is 0 Å². The van der Waals surface area contributed by atoms with Crippen LogP contribution >= 0.6 is 0 Å². The molecule has 1 atom stereocenters. The number of rotatable bonds is 8. The maximum absolute atomic E-state index is 11.7. The molecule has 6 nitrogen and oxygen atoms in total. The third kappa shape index (κ3) is 6.59. The minimum atomic E-state index is -0.0955. The molecule has 1 aromatic heterocycles. The number of carbonyl (C=O) groups excluding carboxylic acids is 2. The first kappa shape index (κ1) is 15.2. The molecule has 0 fully saturated rings. The molecule has 1 rings (SSSR count). The summed E-state index contributed by atoms with van der Waals surface area (Å²) in [5.41, 5.74) is 0. The maximum Gasteiger partial charge on any atom is 0.220 e. The Morgan fingerprint density at radius 2 is 2.16 bits per heavy atom. The van der Waals surface area contributed by atoms with E-state index in [0.29, 0.717) is 13.0 Å². The first-order valence-corrected chi connectivity index (χ1v) is 6.62. The molecular weight excluding hydrogens is 244 g/mol. The summed E-state index contributed by atoms with van der Waals surface area (Å²) >= 11 is 0. The van der Waals surface area contributed by atoms with E-state index in [4.69, 9.17) is 0 Å². The first-order chi connectivity index (χ1) is 9.09. The fourth-order valence-corrected chi connectivity index (χ4v) is 1.75. The van der Waals surface area contributed by atoms with E-state index in [-0.39, 0.29) is 17.9 Å². The summed E-state index contributed by atoms with van der Waals surface area (Å²) in [6.45, 7) is 4.08. The van der Waals surface area contributed by atoms with Crippen LogP contribution < -0.4 is 10.6 Å². The third-order valence-corrected chi connectivity index (χ3v) is 2.76. The molecule has 1 aromatic rings. The summed E-state index contributed by atoms with van der Waals surface area (Å²) < 4.78 is 0. The quantitative estimate of drug-likeness (QED) is 0.619. The van der Waals surface area contributed by atoms with E-state index in [0.717, 1.165) is 25.1 Å². The van der Waals surface area contributed by atoms with Crippen LogP contribution in [0.2, 0.25) is 0 Å². The Morgan fingerprint density at radius 1 is 1.37 bits per heavy atom. The molecule has 0 radical (unpaired) electrons. The molecule has 0 aliphatic rings. The van der Waals surface area contributed by atoms with E-state index in [1.165, 1.54) is 6.92 Å². The SMILES string of the molecule is CC(=O)NCCCCCC(=O)NC(C)c1ncc[nH]1. The Labute approximate surface area is 113 Å². The number of nitrogens with zero attached hydrogens (tertiary/aromatic N) is 1. The lowest BCUT2D eigenvalue weighted by atomic mass is 10.2. The van der Waals surface area contributed by atoms with E-state index in [1.807, 2.05) is 6.92 Å². The minimum Gasteiger partial charge on any atom is -0.356 e. The predicted octanol–water partition coefficient (Wildman–Crippen LogP) is 1.28. The van der Waals surface area contributed by atoms with Gasteiger partial charge in [-0.2, -0.15) is 0 Å². The van der Waals surface area contributed by atoms with E-state index in [1.54, 1.807) is 12.4 Å². The second kappa shape index (κ2) is 8.29. The molecule has 2 amide bonds. The molecule has 3 N–H and O–H groups in total. The number of imidazole rings is 1. The van der Waals surface area contributed by atoms with Crippen molar-refractivity contribution in [3.63, 3.8) is 0 Å². The van der Waals surface area contributed by atoms with Crippen molar-refractivity contribution in [2.24, 2.45) is 0 Å². The van der Waals surface area contributed by atoms with Crippen molar-refractivity contribution in [2.75, 3.05) is 6.54 Å². The van der Waals surface area contributed by atoms with Gasteiger partial charge in [-0.1, -0.05) is 6.42 Å². The van der Waals surface area contributed by atoms with Crippen LogP contribution in [-0.2, 0) is 9.59 Å². The summed E-state index contributed by atoms with van der Waals surface area (Å²) in [4.78, 5) is 29.4. The lowest BCUT2D eigenvalue weighted by Crippen LogP contribution is -2.27. The molecule has 6 heteroatoms. The van der Waals surface area contributed by atoms with Crippen LogP contribution in [0.4, 0.5) is 0 Å². The number of amides is 2. The summed E-state index contributed by atoms with van der Waals surface area (Å²) in [5, 5.41) is 5.62. The molecule has 1 unspecified atom stereocenters. The zero-order valence-electron chi connectivity index (χ0n) is 11.5. The zero-order chi connectivity index (χ0) is 14.1. The molecule has 0 saturated heterocycles. The minimum absolute atomic E-state index is 0.00924. The third-order valence-electron chi connectivity index (χ3n) is 2.76. The van der Waals surface area contributed by atoms with Crippen molar-refractivity contribution < 1.29 is 9.59 Å². The topological polar surface area (TPSA) is 86.9 Å². The molecular formula is C13H22N4O2. The summed E-state index contributed by atoms with van der Waals surface area (Å²) in [6.07, 6.45) is 6.57. The van der Waals surface area contributed by atoms with Crippen molar-refractivity contribution in [3.05, 3.63) is 18.2 Å².